The molecule has 1 fully saturated rings. The van der Waals surface area contributed by atoms with Crippen LogP contribution < -0.4 is 14.8 Å². The van der Waals surface area contributed by atoms with Crippen molar-refractivity contribution in [1.82, 2.24) is 4.98 Å². The van der Waals surface area contributed by atoms with Crippen molar-refractivity contribution in [3.63, 3.8) is 0 Å². The lowest BCUT2D eigenvalue weighted by Gasteiger charge is -2.16. The number of aromatic nitrogens is 1. The predicted octanol–water partition coefficient (Wildman–Crippen LogP) is 4.43. The van der Waals surface area contributed by atoms with Crippen molar-refractivity contribution < 1.29 is 15.7 Å². The Kier molecular flexibility index (Phi) is 3.11. The molecule has 0 saturated heterocycles. The van der Waals surface area contributed by atoms with Crippen LogP contribution in [0.1, 0.15) is 31.1 Å². The molecule has 0 atom stereocenters. The summed E-state index contributed by atoms with van der Waals surface area (Å²) in [5.41, 5.74) is 4.83. The number of fused-ring (bicyclic) bond motifs is 2. The molecule has 5 rings (SSSR count). The molecule has 1 aliphatic heterocycles. The molecule has 5 heteroatoms. The lowest BCUT2D eigenvalue weighted by atomic mass is 9.94. The van der Waals surface area contributed by atoms with Gasteiger partial charge in [-0.25, -0.2) is 0 Å². The van der Waals surface area contributed by atoms with Crippen molar-refractivity contribution >= 4 is 22.5 Å². The van der Waals surface area contributed by atoms with Crippen LogP contribution in [0.15, 0.2) is 36.4 Å². The largest absolute Gasteiger partial charge is 0.454 e. The van der Waals surface area contributed by atoms with E-state index < -0.39 is 5.41 Å². The fourth-order valence-corrected chi connectivity index (χ4v) is 3.76. The summed E-state index contributed by atoms with van der Waals surface area (Å²) in [4.78, 5) is 16.4. The zero-order chi connectivity index (χ0) is 17.9. The van der Waals surface area contributed by atoms with E-state index in [0.717, 1.165) is 52.2 Å². The molecule has 26 heavy (non-hydrogen) atoms. The summed E-state index contributed by atoms with van der Waals surface area (Å²) in [5, 5.41) is 4.26. The standard InChI is InChI=1S/C21H20N2O3.H2/c1-12-13(2)22-17-5-4-15(10-16(12)17)23-20(24)21(7-8-21)14-3-6-18-19(9-14)26-11-25-18;/h3-6,9-10,22H,7-8,11H2,1-2H3,(H,23,24);1H. The molecule has 1 amide bonds. The van der Waals surface area contributed by atoms with E-state index in [-0.39, 0.29) is 14.1 Å². The van der Waals surface area contributed by atoms with Gasteiger partial charge in [0.2, 0.25) is 12.7 Å². The number of benzene rings is 2. The zero-order valence-corrected chi connectivity index (χ0v) is 14.8. The van der Waals surface area contributed by atoms with Crippen LogP contribution in [0, 0.1) is 13.8 Å². The lowest BCUT2D eigenvalue weighted by Crippen LogP contribution is -2.27. The highest BCUT2D eigenvalue weighted by atomic mass is 16.7. The summed E-state index contributed by atoms with van der Waals surface area (Å²) in [5.74, 6) is 1.51. The summed E-state index contributed by atoms with van der Waals surface area (Å²) in [7, 11) is 0. The topological polar surface area (TPSA) is 63.4 Å². The quantitative estimate of drug-likeness (QED) is 0.734. The second-order valence-electron chi connectivity index (χ2n) is 7.24. The Labute approximate surface area is 152 Å². The SMILES string of the molecule is Cc1[nH]c2ccc(NC(=O)C3(c4ccc5c(c4)OCO5)CC3)cc2c1C.[HH]. The number of nitrogens with one attached hydrogen (secondary N) is 2. The van der Waals surface area contributed by atoms with Gasteiger partial charge in [-0.2, -0.15) is 0 Å². The molecule has 2 aliphatic rings. The van der Waals surface area contributed by atoms with Gasteiger partial charge in [0, 0.05) is 23.7 Å². The molecule has 134 valence electrons. The minimum Gasteiger partial charge on any atom is -0.454 e. The Morgan fingerprint density at radius 3 is 2.73 bits per heavy atom. The van der Waals surface area contributed by atoms with E-state index in [0.29, 0.717) is 0 Å². The second kappa shape index (κ2) is 5.27. The molecule has 2 N–H and O–H groups in total. The van der Waals surface area contributed by atoms with Crippen molar-refractivity contribution in [1.29, 1.82) is 0 Å². The minimum atomic E-state index is -0.459. The lowest BCUT2D eigenvalue weighted by molar-refractivity contribution is -0.118. The number of aryl methyl sites for hydroxylation is 2. The van der Waals surface area contributed by atoms with Gasteiger partial charge < -0.3 is 19.8 Å². The van der Waals surface area contributed by atoms with Crippen LogP contribution in [-0.4, -0.2) is 17.7 Å². The Morgan fingerprint density at radius 2 is 1.92 bits per heavy atom. The maximum absolute atomic E-state index is 13.0. The normalized spacial score (nSPS) is 16.7. The van der Waals surface area contributed by atoms with Crippen molar-refractivity contribution in [2.45, 2.75) is 32.1 Å². The van der Waals surface area contributed by atoms with Gasteiger partial charge in [0.05, 0.1) is 5.41 Å². The third kappa shape index (κ3) is 2.20. The van der Waals surface area contributed by atoms with E-state index in [4.69, 9.17) is 9.47 Å². The molecule has 1 aliphatic carbocycles. The fourth-order valence-electron chi connectivity index (χ4n) is 3.76. The summed E-state index contributed by atoms with van der Waals surface area (Å²) in [6, 6.07) is 11.8. The van der Waals surface area contributed by atoms with E-state index in [2.05, 4.69) is 24.1 Å². The van der Waals surface area contributed by atoms with E-state index in [1.54, 1.807) is 0 Å². The second-order valence-corrected chi connectivity index (χ2v) is 7.24. The van der Waals surface area contributed by atoms with Gasteiger partial charge in [-0.3, -0.25) is 4.79 Å². The number of carbonyl (C=O) groups is 1. The monoisotopic (exact) mass is 350 g/mol. The number of anilines is 1. The molecular weight excluding hydrogens is 328 g/mol. The zero-order valence-electron chi connectivity index (χ0n) is 14.8. The highest BCUT2D eigenvalue weighted by Crippen LogP contribution is 2.51. The summed E-state index contributed by atoms with van der Waals surface area (Å²) < 4.78 is 10.8. The van der Waals surface area contributed by atoms with E-state index >= 15 is 0 Å². The van der Waals surface area contributed by atoms with Crippen LogP contribution in [0.5, 0.6) is 11.5 Å². The average Bonchev–Trinajstić information content (AvgIpc) is 3.24. The van der Waals surface area contributed by atoms with Crippen LogP contribution in [0.2, 0.25) is 0 Å². The maximum Gasteiger partial charge on any atom is 0.235 e. The first-order valence-electron chi connectivity index (χ1n) is 8.87. The highest BCUT2D eigenvalue weighted by molar-refractivity contribution is 6.02. The molecule has 0 bridgehead atoms. The van der Waals surface area contributed by atoms with E-state index in [1.807, 2.05) is 36.4 Å². The number of hydrogen-bond donors (Lipinski definition) is 2. The number of ether oxygens (including phenoxy) is 2. The van der Waals surface area contributed by atoms with Crippen LogP contribution in [0.4, 0.5) is 5.69 Å². The number of rotatable bonds is 3. The predicted molar refractivity (Wildman–Crippen MR) is 102 cm³/mol. The number of amides is 1. The Bertz CT molecular complexity index is 1050. The molecule has 1 saturated carbocycles. The number of carbonyl (C=O) groups excluding carboxylic acids is 1. The molecule has 0 unspecified atom stereocenters. The Hall–Kier alpha value is -2.95. The molecule has 0 radical (unpaired) electrons. The summed E-state index contributed by atoms with van der Waals surface area (Å²) in [6.45, 7) is 4.40. The smallest absolute Gasteiger partial charge is 0.235 e. The van der Waals surface area contributed by atoms with Gasteiger partial charge in [-0.05, 0) is 68.1 Å². The van der Waals surface area contributed by atoms with Gasteiger partial charge >= 0.3 is 0 Å². The first-order valence-corrected chi connectivity index (χ1v) is 8.87. The van der Waals surface area contributed by atoms with E-state index in [9.17, 15) is 4.79 Å². The third-order valence-electron chi connectivity index (χ3n) is 5.68. The average molecular weight is 350 g/mol. The Morgan fingerprint density at radius 1 is 1.12 bits per heavy atom. The maximum atomic E-state index is 13.0. The van der Waals surface area contributed by atoms with Crippen LogP contribution >= 0.6 is 0 Å². The molecule has 2 heterocycles. The van der Waals surface area contributed by atoms with Crippen LogP contribution in [-0.2, 0) is 10.2 Å². The van der Waals surface area contributed by atoms with Crippen molar-refractivity contribution in [2.24, 2.45) is 0 Å². The van der Waals surface area contributed by atoms with Crippen molar-refractivity contribution in [3.05, 3.63) is 53.2 Å². The highest BCUT2D eigenvalue weighted by Gasteiger charge is 2.51. The van der Waals surface area contributed by atoms with Gasteiger partial charge in [-0.1, -0.05) is 6.07 Å². The number of H-pyrrole nitrogens is 1. The first kappa shape index (κ1) is 15.3. The third-order valence-corrected chi connectivity index (χ3v) is 5.68. The molecular formula is C21H22N2O3. The van der Waals surface area contributed by atoms with Gasteiger partial charge in [0.1, 0.15) is 0 Å². The first-order chi connectivity index (χ1) is 12.6. The molecule has 5 nitrogen and oxygen atoms in total. The molecule has 3 aromatic rings. The number of aromatic amines is 1. The van der Waals surface area contributed by atoms with Gasteiger partial charge in [0.25, 0.3) is 0 Å². The van der Waals surface area contributed by atoms with Gasteiger partial charge in [0.15, 0.2) is 11.5 Å². The van der Waals surface area contributed by atoms with Crippen LogP contribution in [0.3, 0.4) is 0 Å². The fraction of sp³-hybridized carbons (Fsp3) is 0.286. The number of hydrogen-bond acceptors (Lipinski definition) is 3. The van der Waals surface area contributed by atoms with Crippen molar-refractivity contribution in [2.75, 3.05) is 12.1 Å². The van der Waals surface area contributed by atoms with E-state index in [1.165, 1.54) is 5.56 Å². The molecule has 1 aromatic heterocycles. The molecule has 2 aromatic carbocycles. The molecule has 0 spiro atoms. The summed E-state index contributed by atoms with van der Waals surface area (Å²) >= 11 is 0. The van der Waals surface area contributed by atoms with Gasteiger partial charge in [-0.15, -0.1) is 0 Å². The summed E-state index contributed by atoms with van der Waals surface area (Å²) in [6.07, 6.45) is 1.70. The van der Waals surface area contributed by atoms with Crippen LogP contribution in [0.25, 0.3) is 10.9 Å². The van der Waals surface area contributed by atoms with Crippen molar-refractivity contribution in [3.8, 4) is 11.5 Å². The minimum absolute atomic E-state index is 0. The Balaban J connectivity index is 0.00000180.